The van der Waals surface area contributed by atoms with Crippen LogP contribution < -0.4 is 14.8 Å². The molecule has 2 aromatic heterocycles. The smallest absolute Gasteiger partial charge is 0.274 e. The summed E-state index contributed by atoms with van der Waals surface area (Å²) in [5.74, 6) is 1.15. The van der Waals surface area contributed by atoms with Crippen molar-refractivity contribution in [3.63, 3.8) is 0 Å². The summed E-state index contributed by atoms with van der Waals surface area (Å²) >= 11 is 0. The molecule has 0 unspecified atom stereocenters. The molecule has 0 aliphatic carbocycles. The fourth-order valence-corrected chi connectivity index (χ4v) is 3.14. The van der Waals surface area contributed by atoms with Crippen LogP contribution in [0.3, 0.4) is 0 Å². The third-order valence-corrected chi connectivity index (χ3v) is 4.65. The minimum absolute atomic E-state index is 0.198. The Balaban J connectivity index is 1.83. The van der Waals surface area contributed by atoms with E-state index in [-0.39, 0.29) is 5.91 Å². The maximum absolute atomic E-state index is 12.6. The molecule has 0 radical (unpaired) electrons. The van der Waals surface area contributed by atoms with Gasteiger partial charge in [0.2, 0.25) is 0 Å². The molecule has 0 aliphatic heterocycles. The lowest BCUT2D eigenvalue weighted by Crippen LogP contribution is -2.18. The van der Waals surface area contributed by atoms with Gasteiger partial charge < -0.3 is 14.8 Å². The van der Waals surface area contributed by atoms with E-state index in [1.807, 2.05) is 43.7 Å². The van der Waals surface area contributed by atoms with E-state index in [9.17, 15) is 4.79 Å². The van der Waals surface area contributed by atoms with Gasteiger partial charge in [-0.15, -0.1) is 0 Å². The molecule has 0 fully saturated rings. The molecule has 0 bridgehead atoms. The van der Waals surface area contributed by atoms with Crippen LogP contribution in [0.4, 0.5) is 5.69 Å². The molecule has 0 saturated carbocycles. The number of benzene rings is 1. The van der Waals surface area contributed by atoms with Gasteiger partial charge in [0.1, 0.15) is 5.69 Å². The lowest BCUT2D eigenvalue weighted by Gasteiger charge is -2.11. The van der Waals surface area contributed by atoms with E-state index in [4.69, 9.17) is 9.47 Å². The first kappa shape index (κ1) is 19.5. The van der Waals surface area contributed by atoms with Gasteiger partial charge in [0.25, 0.3) is 5.91 Å². The highest BCUT2D eigenvalue weighted by atomic mass is 16.5. The second kappa shape index (κ2) is 8.16. The number of carbonyl (C=O) groups excluding carboxylic acids is 1. The Labute approximate surface area is 164 Å². The topological polar surface area (TPSA) is 83.2 Å². The van der Waals surface area contributed by atoms with Gasteiger partial charge in [-0.2, -0.15) is 10.2 Å². The van der Waals surface area contributed by atoms with Crippen LogP contribution in [0.1, 0.15) is 34.4 Å². The largest absolute Gasteiger partial charge is 0.493 e. The monoisotopic (exact) mass is 383 g/mol. The molecule has 2 heterocycles. The van der Waals surface area contributed by atoms with E-state index < -0.39 is 0 Å². The Morgan fingerprint density at radius 1 is 1.11 bits per heavy atom. The summed E-state index contributed by atoms with van der Waals surface area (Å²) in [5, 5.41) is 11.7. The normalized spacial score (nSPS) is 10.8. The predicted molar refractivity (Wildman–Crippen MR) is 106 cm³/mol. The number of hydrogen-bond donors (Lipinski definition) is 1. The number of nitrogens with zero attached hydrogens (tertiary/aromatic N) is 4. The third kappa shape index (κ3) is 3.71. The summed E-state index contributed by atoms with van der Waals surface area (Å²) in [7, 11) is 3.22. The quantitative estimate of drug-likeness (QED) is 0.678. The van der Waals surface area contributed by atoms with Crippen molar-refractivity contribution in [3.05, 3.63) is 53.1 Å². The van der Waals surface area contributed by atoms with E-state index in [1.165, 1.54) is 0 Å². The van der Waals surface area contributed by atoms with Crippen LogP contribution in [0.25, 0.3) is 0 Å². The lowest BCUT2D eigenvalue weighted by atomic mass is 10.2. The molecular weight excluding hydrogens is 358 g/mol. The molecule has 1 N–H and O–H groups in total. The number of methoxy groups -OCH3 is 2. The van der Waals surface area contributed by atoms with E-state index in [1.54, 1.807) is 31.2 Å². The molecule has 28 heavy (non-hydrogen) atoms. The Morgan fingerprint density at radius 3 is 2.54 bits per heavy atom. The van der Waals surface area contributed by atoms with Crippen molar-refractivity contribution in [1.29, 1.82) is 0 Å². The van der Waals surface area contributed by atoms with Gasteiger partial charge in [-0.1, -0.05) is 6.07 Å². The fraction of sp³-hybridized carbons (Fsp3) is 0.350. The Hall–Kier alpha value is -3.29. The average molecular weight is 383 g/mol. The molecule has 1 amide bonds. The molecule has 8 nitrogen and oxygen atoms in total. The van der Waals surface area contributed by atoms with Gasteiger partial charge in [0, 0.05) is 12.7 Å². The van der Waals surface area contributed by atoms with Crippen LogP contribution in [0.15, 0.2) is 30.5 Å². The van der Waals surface area contributed by atoms with Crippen molar-refractivity contribution in [1.82, 2.24) is 19.6 Å². The lowest BCUT2D eigenvalue weighted by molar-refractivity contribution is 0.101. The molecule has 8 heteroatoms. The molecule has 0 saturated heterocycles. The summed E-state index contributed by atoms with van der Waals surface area (Å²) in [4.78, 5) is 12.6. The summed E-state index contributed by atoms with van der Waals surface area (Å²) in [6.07, 6.45) is 1.62. The molecule has 0 spiro atoms. The van der Waals surface area contributed by atoms with E-state index >= 15 is 0 Å². The van der Waals surface area contributed by atoms with E-state index in [2.05, 4.69) is 15.5 Å². The minimum atomic E-state index is -0.198. The number of rotatable bonds is 7. The molecular formula is C20H25N5O3. The zero-order chi connectivity index (χ0) is 20.3. The second-order valence-corrected chi connectivity index (χ2v) is 6.38. The number of carbonyl (C=O) groups is 1. The molecule has 1 aromatic carbocycles. The highest BCUT2D eigenvalue weighted by Gasteiger charge is 2.18. The SMILES string of the molecule is CCn1nccc1C(=O)Nc1c(C)nn(Cc2ccc(OC)c(OC)c2)c1C. The fourth-order valence-electron chi connectivity index (χ4n) is 3.14. The zero-order valence-corrected chi connectivity index (χ0v) is 16.8. The highest BCUT2D eigenvalue weighted by molar-refractivity contribution is 6.03. The molecule has 148 valence electrons. The maximum Gasteiger partial charge on any atom is 0.274 e. The van der Waals surface area contributed by atoms with Crippen molar-refractivity contribution in [2.45, 2.75) is 33.9 Å². The summed E-state index contributed by atoms with van der Waals surface area (Å²) < 4.78 is 14.2. The van der Waals surface area contributed by atoms with Crippen molar-refractivity contribution in [3.8, 4) is 11.5 Å². The molecule has 0 atom stereocenters. The number of nitrogens with one attached hydrogen (secondary N) is 1. The summed E-state index contributed by atoms with van der Waals surface area (Å²) in [6, 6.07) is 7.47. The molecule has 3 aromatic rings. The summed E-state index contributed by atoms with van der Waals surface area (Å²) in [5.41, 5.74) is 3.89. The number of aromatic nitrogens is 4. The van der Waals surface area contributed by atoms with Crippen LogP contribution >= 0.6 is 0 Å². The number of aryl methyl sites for hydroxylation is 2. The molecule has 0 aliphatic rings. The Bertz CT molecular complexity index is 990. The van der Waals surface area contributed by atoms with Crippen LogP contribution in [0.2, 0.25) is 0 Å². The van der Waals surface area contributed by atoms with Crippen molar-refractivity contribution in [2.75, 3.05) is 19.5 Å². The van der Waals surface area contributed by atoms with Crippen molar-refractivity contribution in [2.24, 2.45) is 0 Å². The summed E-state index contributed by atoms with van der Waals surface area (Å²) in [6.45, 7) is 6.95. The minimum Gasteiger partial charge on any atom is -0.493 e. The van der Waals surface area contributed by atoms with Crippen LogP contribution in [-0.4, -0.2) is 39.7 Å². The maximum atomic E-state index is 12.6. The first-order chi connectivity index (χ1) is 13.5. The van der Waals surface area contributed by atoms with E-state index in [0.717, 1.165) is 17.0 Å². The van der Waals surface area contributed by atoms with E-state index in [0.29, 0.717) is 36.0 Å². The number of amides is 1. The van der Waals surface area contributed by atoms with Gasteiger partial charge in [0.05, 0.1) is 37.8 Å². The molecule has 3 rings (SSSR count). The Morgan fingerprint density at radius 2 is 1.86 bits per heavy atom. The first-order valence-electron chi connectivity index (χ1n) is 9.06. The average Bonchev–Trinajstić information content (AvgIpc) is 3.28. The highest BCUT2D eigenvalue weighted by Crippen LogP contribution is 2.28. The van der Waals surface area contributed by atoms with Gasteiger partial charge in [0.15, 0.2) is 11.5 Å². The van der Waals surface area contributed by atoms with Crippen molar-refractivity contribution >= 4 is 11.6 Å². The van der Waals surface area contributed by atoms with Crippen LogP contribution in [-0.2, 0) is 13.1 Å². The number of ether oxygens (including phenoxy) is 2. The number of anilines is 1. The van der Waals surface area contributed by atoms with Crippen molar-refractivity contribution < 1.29 is 14.3 Å². The van der Waals surface area contributed by atoms with Gasteiger partial charge in [-0.25, -0.2) is 0 Å². The number of hydrogen-bond acceptors (Lipinski definition) is 5. The first-order valence-corrected chi connectivity index (χ1v) is 9.06. The van der Waals surface area contributed by atoms with Crippen LogP contribution in [0.5, 0.6) is 11.5 Å². The van der Waals surface area contributed by atoms with Gasteiger partial charge in [-0.3, -0.25) is 14.2 Å². The predicted octanol–water partition coefficient (Wildman–Crippen LogP) is 3.03. The van der Waals surface area contributed by atoms with Gasteiger partial charge in [-0.05, 0) is 44.5 Å². The zero-order valence-electron chi connectivity index (χ0n) is 16.8. The Kier molecular flexibility index (Phi) is 5.67. The standard InChI is InChI=1S/C20H25N5O3/c1-6-24-16(9-10-21-24)20(26)22-19-13(2)23-25(14(19)3)12-15-7-8-17(27-4)18(11-15)28-5/h7-11H,6,12H2,1-5H3,(H,22,26). The third-order valence-electron chi connectivity index (χ3n) is 4.65. The van der Waals surface area contributed by atoms with Gasteiger partial charge >= 0.3 is 0 Å². The second-order valence-electron chi connectivity index (χ2n) is 6.38. The van der Waals surface area contributed by atoms with Crippen LogP contribution in [0, 0.1) is 13.8 Å².